The Morgan fingerprint density at radius 2 is 1.95 bits per heavy atom. The molecule has 0 N–H and O–H groups in total. The van der Waals surface area contributed by atoms with Crippen LogP contribution in [0.4, 0.5) is 0 Å². The fraction of sp³-hybridized carbons (Fsp3) is 0.938. The van der Waals surface area contributed by atoms with Crippen molar-refractivity contribution in [3.05, 3.63) is 0 Å². The molecule has 0 aliphatic heterocycles. The van der Waals surface area contributed by atoms with Gasteiger partial charge in [-0.1, -0.05) is 33.6 Å². The summed E-state index contributed by atoms with van der Waals surface area (Å²) in [6.07, 6.45) is 5.32. The largest absolute Gasteiger partial charge is 0.466 e. The minimum absolute atomic E-state index is 0.0389. The normalized spacial score (nSPS) is 28.5. The minimum atomic E-state index is -0.0488. The molecule has 0 spiro atoms. The zero-order valence-electron chi connectivity index (χ0n) is 13.6. The number of ether oxygens (including phenoxy) is 1. The number of nitrogens with zero attached hydrogens (tertiary/aromatic N) is 1. The molecule has 0 saturated heterocycles. The molecule has 0 heterocycles. The van der Waals surface area contributed by atoms with Crippen LogP contribution < -0.4 is 0 Å². The maximum atomic E-state index is 12.0. The van der Waals surface area contributed by atoms with Gasteiger partial charge in [0.1, 0.15) is 0 Å². The second kappa shape index (κ2) is 6.25. The van der Waals surface area contributed by atoms with Crippen molar-refractivity contribution >= 4 is 5.97 Å². The Bertz CT molecular complexity index is 306. The Morgan fingerprint density at radius 3 is 2.42 bits per heavy atom. The number of carbonyl (C=O) groups is 1. The molecule has 0 aromatic carbocycles. The summed E-state index contributed by atoms with van der Waals surface area (Å²) in [5.74, 6) is 0.487. The van der Waals surface area contributed by atoms with Crippen LogP contribution >= 0.6 is 0 Å². The van der Waals surface area contributed by atoms with Crippen LogP contribution in [0.2, 0.25) is 0 Å². The summed E-state index contributed by atoms with van der Waals surface area (Å²) in [6.45, 7) is 9.25. The maximum Gasteiger partial charge on any atom is 0.307 e. The number of esters is 1. The van der Waals surface area contributed by atoms with Gasteiger partial charge in [0, 0.05) is 5.54 Å². The van der Waals surface area contributed by atoms with Gasteiger partial charge in [-0.05, 0) is 45.2 Å². The molecule has 0 amide bonds. The third-order valence-electron chi connectivity index (χ3n) is 4.69. The molecule has 0 aromatic heterocycles. The van der Waals surface area contributed by atoms with Crippen molar-refractivity contribution in [3.8, 4) is 0 Å². The first-order valence-electron chi connectivity index (χ1n) is 7.57. The topological polar surface area (TPSA) is 29.5 Å². The van der Waals surface area contributed by atoms with E-state index in [0.29, 0.717) is 18.9 Å². The summed E-state index contributed by atoms with van der Waals surface area (Å²) >= 11 is 0. The van der Waals surface area contributed by atoms with Gasteiger partial charge in [-0.25, -0.2) is 0 Å². The molecule has 0 radical (unpaired) electrons. The Balaban J connectivity index is 3.02. The van der Waals surface area contributed by atoms with Gasteiger partial charge in [0.2, 0.25) is 0 Å². The zero-order valence-corrected chi connectivity index (χ0v) is 13.6. The van der Waals surface area contributed by atoms with Crippen molar-refractivity contribution in [2.24, 2.45) is 11.3 Å². The van der Waals surface area contributed by atoms with Gasteiger partial charge in [0.05, 0.1) is 13.0 Å². The highest BCUT2D eigenvalue weighted by Gasteiger charge is 2.48. The molecule has 1 saturated carbocycles. The molecule has 112 valence electrons. The summed E-state index contributed by atoms with van der Waals surface area (Å²) < 4.78 is 5.22. The quantitative estimate of drug-likeness (QED) is 0.732. The third-order valence-corrected chi connectivity index (χ3v) is 4.69. The summed E-state index contributed by atoms with van der Waals surface area (Å²) in [6, 6.07) is 0. The Labute approximate surface area is 118 Å². The van der Waals surface area contributed by atoms with E-state index in [0.717, 1.165) is 6.42 Å². The van der Waals surface area contributed by atoms with Crippen LogP contribution in [-0.2, 0) is 9.53 Å². The Hall–Kier alpha value is -0.570. The van der Waals surface area contributed by atoms with Crippen molar-refractivity contribution in [1.82, 2.24) is 4.90 Å². The van der Waals surface area contributed by atoms with Gasteiger partial charge in [-0.15, -0.1) is 0 Å². The van der Waals surface area contributed by atoms with Crippen LogP contribution in [0.25, 0.3) is 0 Å². The average molecular weight is 269 g/mol. The highest BCUT2D eigenvalue weighted by molar-refractivity contribution is 5.71. The fourth-order valence-electron chi connectivity index (χ4n) is 3.83. The minimum Gasteiger partial charge on any atom is -0.466 e. The Morgan fingerprint density at radius 1 is 1.32 bits per heavy atom. The number of hydrogen-bond acceptors (Lipinski definition) is 3. The molecule has 1 aliphatic rings. The molecule has 1 rings (SSSR count). The van der Waals surface area contributed by atoms with Crippen LogP contribution in [0.15, 0.2) is 0 Å². The van der Waals surface area contributed by atoms with E-state index in [1.165, 1.54) is 19.3 Å². The van der Waals surface area contributed by atoms with Crippen molar-refractivity contribution in [2.45, 2.75) is 65.3 Å². The third kappa shape index (κ3) is 3.71. The van der Waals surface area contributed by atoms with E-state index in [9.17, 15) is 4.79 Å². The molecule has 0 bridgehead atoms. The molecule has 3 nitrogen and oxygen atoms in total. The van der Waals surface area contributed by atoms with Gasteiger partial charge < -0.3 is 9.64 Å². The smallest absolute Gasteiger partial charge is 0.307 e. The van der Waals surface area contributed by atoms with Gasteiger partial charge in [0.15, 0.2) is 0 Å². The molecular formula is C16H31NO2. The van der Waals surface area contributed by atoms with E-state index in [4.69, 9.17) is 4.74 Å². The SMILES string of the molecule is CCOC(=O)CC1(N(C)C)CCCCC1C(C)(C)C. The highest BCUT2D eigenvalue weighted by atomic mass is 16.5. The van der Waals surface area contributed by atoms with Crippen LogP contribution in [-0.4, -0.2) is 37.1 Å². The van der Waals surface area contributed by atoms with Gasteiger partial charge in [-0.2, -0.15) is 0 Å². The van der Waals surface area contributed by atoms with Crippen molar-refractivity contribution in [3.63, 3.8) is 0 Å². The van der Waals surface area contributed by atoms with E-state index in [1.54, 1.807) is 0 Å². The lowest BCUT2D eigenvalue weighted by Gasteiger charge is -2.53. The van der Waals surface area contributed by atoms with Crippen molar-refractivity contribution in [1.29, 1.82) is 0 Å². The summed E-state index contributed by atoms with van der Waals surface area (Å²) in [5.41, 5.74) is 0.180. The van der Waals surface area contributed by atoms with Gasteiger partial charge in [0.25, 0.3) is 0 Å². The van der Waals surface area contributed by atoms with Gasteiger partial charge >= 0.3 is 5.97 Å². The molecule has 2 unspecified atom stereocenters. The van der Waals surface area contributed by atoms with E-state index < -0.39 is 0 Å². The monoisotopic (exact) mass is 269 g/mol. The lowest BCUT2D eigenvalue weighted by atomic mass is 9.60. The first kappa shape index (κ1) is 16.5. The molecule has 1 fully saturated rings. The summed E-state index contributed by atoms with van der Waals surface area (Å²) in [7, 11) is 4.23. The number of carbonyl (C=O) groups excluding carboxylic acids is 1. The van der Waals surface area contributed by atoms with E-state index in [-0.39, 0.29) is 16.9 Å². The summed E-state index contributed by atoms with van der Waals surface area (Å²) in [5, 5.41) is 0. The standard InChI is InChI=1S/C16H31NO2/c1-7-19-14(18)12-16(17(5)6)11-9-8-10-13(16)15(2,3)4/h13H,7-12H2,1-6H3. The zero-order chi connectivity index (χ0) is 14.7. The number of rotatable bonds is 4. The first-order chi connectivity index (χ1) is 8.74. The first-order valence-corrected chi connectivity index (χ1v) is 7.57. The molecule has 0 aromatic rings. The van der Waals surface area contributed by atoms with Crippen LogP contribution in [0.1, 0.15) is 59.8 Å². The molecule has 2 atom stereocenters. The lowest BCUT2D eigenvalue weighted by molar-refractivity contribution is -0.150. The van der Waals surface area contributed by atoms with Crippen LogP contribution in [0.5, 0.6) is 0 Å². The predicted octanol–water partition coefficient (Wildman–Crippen LogP) is 3.48. The van der Waals surface area contributed by atoms with E-state index >= 15 is 0 Å². The predicted molar refractivity (Wildman–Crippen MR) is 79.1 cm³/mol. The maximum absolute atomic E-state index is 12.0. The van der Waals surface area contributed by atoms with Gasteiger partial charge in [-0.3, -0.25) is 4.79 Å². The van der Waals surface area contributed by atoms with Crippen LogP contribution in [0, 0.1) is 11.3 Å². The second-order valence-electron chi connectivity index (χ2n) is 7.14. The lowest BCUT2D eigenvalue weighted by Crippen LogP contribution is -2.57. The molecule has 19 heavy (non-hydrogen) atoms. The van der Waals surface area contributed by atoms with Crippen molar-refractivity contribution < 1.29 is 9.53 Å². The highest BCUT2D eigenvalue weighted by Crippen LogP contribution is 2.48. The Kier molecular flexibility index (Phi) is 5.43. The molecule has 1 aliphatic carbocycles. The second-order valence-corrected chi connectivity index (χ2v) is 7.14. The van der Waals surface area contributed by atoms with E-state index in [2.05, 4.69) is 39.8 Å². The van der Waals surface area contributed by atoms with Crippen molar-refractivity contribution in [2.75, 3.05) is 20.7 Å². The molecular weight excluding hydrogens is 238 g/mol. The fourth-order valence-corrected chi connectivity index (χ4v) is 3.83. The van der Waals surface area contributed by atoms with E-state index in [1.807, 2.05) is 6.92 Å². The average Bonchev–Trinajstić information content (AvgIpc) is 2.28. The number of hydrogen-bond donors (Lipinski definition) is 0. The molecule has 3 heteroatoms. The van der Waals surface area contributed by atoms with Crippen LogP contribution in [0.3, 0.4) is 0 Å². The summed E-state index contributed by atoms with van der Waals surface area (Å²) in [4.78, 5) is 14.3.